The number of nitrogens with zero attached hydrogens (tertiary/aromatic N) is 2. The van der Waals surface area contributed by atoms with Gasteiger partial charge in [-0.1, -0.05) is 56.0 Å². The molecule has 6 rings (SSSR count). The molecule has 34 heavy (non-hydrogen) atoms. The SMILES string of the molecule is [Ir].[c-]1ccccc1-c1nccn1-c1c(C2CCCC2)cc(-c2ccccc2)cc1C1CCCC1. The first-order valence-electron chi connectivity index (χ1n) is 12.6. The molecule has 4 aromatic rings. The van der Waals surface area contributed by atoms with E-state index in [1.165, 1.54) is 79.3 Å². The molecule has 2 aliphatic carbocycles. The summed E-state index contributed by atoms with van der Waals surface area (Å²) in [4.78, 5) is 4.81. The Balaban J connectivity index is 0.00000241. The quantitative estimate of drug-likeness (QED) is 0.205. The zero-order chi connectivity index (χ0) is 22.0. The van der Waals surface area contributed by atoms with Gasteiger partial charge in [0, 0.05) is 38.2 Å². The normalized spacial score (nSPS) is 16.6. The molecule has 0 spiro atoms. The maximum absolute atomic E-state index is 4.81. The van der Waals surface area contributed by atoms with Gasteiger partial charge in [-0.2, -0.15) is 0 Å². The Hall–Kier alpha value is -2.48. The summed E-state index contributed by atoms with van der Waals surface area (Å²) < 4.78 is 2.38. The van der Waals surface area contributed by atoms with Gasteiger partial charge >= 0.3 is 0 Å². The van der Waals surface area contributed by atoms with E-state index in [0.717, 1.165) is 11.4 Å². The molecule has 0 saturated heterocycles. The van der Waals surface area contributed by atoms with Crippen LogP contribution in [0.15, 0.2) is 79.1 Å². The van der Waals surface area contributed by atoms with Gasteiger partial charge in [0.25, 0.3) is 0 Å². The van der Waals surface area contributed by atoms with E-state index in [4.69, 9.17) is 4.98 Å². The second-order valence-electron chi connectivity index (χ2n) is 9.73. The van der Waals surface area contributed by atoms with Gasteiger partial charge in [-0.25, -0.2) is 0 Å². The van der Waals surface area contributed by atoms with Crippen LogP contribution in [0.5, 0.6) is 0 Å². The average molecular weight is 624 g/mol. The summed E-state index contributed by atoms with van der Waals surface area (Å²) in [6, 6.07) is 27.6. The van der Waals surface area contributed by atoms with Crippen LogP contribution in [0.25, 0.3) is 28.2 Å². The van der Waals surface area contributed by atoms with E-state index >= 15 is 0 Å². The van der Waals surface area contributed by atoms with Gasteiger partial charge in [-0.15, -0.1) is 35.9 Å². The molecule has 175 valence electrons. The van der Waals surface area contributed by atoms with E-state index in [1.54, 1.807) is 0 Å². The van der Waals surface area contributed by atoms with Crippen LogP contribution in [-0.2, 0) is 20.1 Å². The summed E-state index contributed by atoms with van der Waals surface area (Å²) in [6.45, 7) is 0. The summed E-state index contributed by atoms with van der Waals surface area (Å²) >= 11 is 0. The third-order valence-corrected chi connectivity index (χ3v) is 7.70. The summed E-state index contributed by atoms with van der Waals surface area (Å²) in [5, 5.41) is 0. The minimum Gasteiger partial charge on any atom is -0.340 e. The second kappa shape index (κ2) is 10.4. The van der Waals surface area contributed by atoms with Gasteiger partial charge in [0.05, 0.1) is 5.82 Å². The molecule has 3 heteroatoms. The van der Waals surface area contributed by atoms with Crippen LogP contribution in [0.3, 0.4) is 0 Å². The largest absolute Gasteiger partial charge is 0.340 e. The van der Waals surface area contributed by atoms with Crippen LogP contribution in [0.4, 0.5) is 0 Å². The number of benzene rings is 3. The fourth-order valence-electron chi connectivity index (χ4n) is 6.07. The fourth-order valence-corrected chi connectivity index (χ4v) is 6.07. The van der Waals surface area contributed by atoms with Crippen molar-refractivity contribution in [3.63, 3.8) is 0 Å². The van der Waals surface area contributed by atoms with Crippen molar-refractivity contribution in [3.8, 4) is 28.2 Å². The second-order valence-corrected chi connectivity index (χ2v) is 9.73. The molecular weight excluding hydrogens is 593 g/mol. The van der Waals surface area contributed by atoms with E-state index in [2.05, 4.69) is 71.4 Å². The van der Waals surface area contributed by atoms with Crippen molar-refractivity contribution in [1.82, 2.24) is 9.55 Å². The number of aromatic nitrogens is 2. The maximum atomic E-state index is 4.81. The van der Waals surface area contributed by atoms with Crippen molar-refractivity contribution < 1.29 is 20.1 Å². The smallest absolute Gasteiger partial charge is 0.0602 e. The molecule has 1 aromatic heterocycles. The van der Waals surface area contributed by atoms with E-state index in [-0.39, 0.29) is 20.1 Å². The molecule has 0 N–H and O–H groups in total. The minimum atomic E-state index is 0. The molecule has 0 amide bonds. The van der Waals surface area contributed by atoms with E-state index in [0.29, 0.717) is 11.8 Å². The molecule has 0 unspecified atom stereocenters. The van der Waals surface area contributed by atoms with Gasteiger partial charge in [0.1, 0.15) is 0 Å². The first kappa shape index (κ1) is 23.3. The van der Waals surface area contributed by atoms with Crippen LogP contribution >= 0.6 is 0 Å². The third kappa shape index (κ3) is 4.44. The summed E-state index contributed by atoms with van der Waals surface area (Å²) in [6.07, 6.45) is 14.6. The first-order valence-corrected chi connectivity index (χ1v) is 12.6. The standard InChI is InChI=1S/C31H31N2.Ir/c1-3-11-23(12-4-1)27-21-28(24-13-7-8-14-24)30(29(22-27)25-15-9-10-16-25)33-20-19-32-31(33)26-17-5-2-6-18-26;/h1-6,11-12,17,19-22,24-25H,7-10,13-16H2;/q-1;. The minimum absolute atomic E-state index is 0. The van der Waals surface area contributed by atoms with Crippen LogP contribution in [-0.4, -0.2) is 9.55 Å². The van der Waals surface area contributed by atoms with Crippen molar-refractivity contribution in [1.29, 1.82) is 0 Å². The molecule has 2 saturated carbocycles. The monoisotopic (exact) mass is 624 g/mol. The van der Waals surface area contributed by atoms with Gasteiger partial charge in [0.2, 0.25) is 0 Å². The van der Waals surface area contributed by atoms with E-state index in [1.807, 2.05) is 18.3 Å². The number of rotatable bonds is 5. The molecule has 2 nitrogen and oxygen atoms in total. The molecule has 3 aromatic carbocycles. The molecule has 0 aliphatic heterocycles. The fraction of sp³-hybridized carbons (Fsp3) is 0.323. The van der Waals surface area contributed by atoms with Crippen LogP contribution < -0.4 is 0 Å². The van der Waals surface area contributed by atoms with Crippen molar-refractivity contribution >= 4 is 0 Å². The van der Waals surface area contributed by atoms with Crippen molar-refractivity contribution in [3.05, 3.63) is 96.3 Å². The maximum Gasteiger partial charge on any atom is 0.0602 e. The van der Waals surface area contributed by atoms with Crippen LogP contribution in [0.1, 0.15) is 74.3 Å². The summed E-state index contributed by atoms with van der Waals surface area (Å²) in [7, 11) is 0. The zero-order valence-corrected chi connectivity index (χ0v) is 21.9. The molecule has 2 fully saturated rings. The van der Waals surface area contributed by atoms with Crippen LogP contribution in [0, 0.1) is 6.07 Å². The first-order chi connectivity index (χ1) is 16.4. The average Bonchev–Trinajstić information content (AvgIpc) is 3.67. The predicted molar refractivity (Wildman–Crippen MR) is 136 cm³/mol. The van der Waals surface area contributed by atoms with Gasteiger partial charge < -0.3 is 4.57 Å². The molecular formula is C31H31IrN2-. The summed E-state index contributed by atoms with van der Waals surface area (Å²) in [5.74, 6) is 2.25. The third-order valence-electron chi connectivity index (χ3n) is 7.70. The van der Waals surface area contributed by atoms with Crippen LogP contribution in [0.2, 0.25) is 0 Å². The van der Waals surface area contributed by atoms with Crippen molar-refractivity contribution in [2.45, 2.75) is 63.2 Å². The molecule has 2 aliphatic rings. The molecule has 0 atom stereocenters. The Kier molecular flexibility index (Phi) is 7.13. The number of hydrogen-bond donors (Lipinski definition) is 0. The topological polar surface area (TPSA) is 17.8 Å². The van der Waals surface area contributed by atoms with E-state index < -0.39 is 0 Å². The Morgan fingerprint density at radius 3 is 1.94 bits per heavy atom. The molecule has 1 heterocycles. The van der Waals surface area contributed by atoms with Crippen molar-refractivity contribution in [2.24, 2.45) is 0 Å². The predicted octanol–water partition coefficient (Wildman–Crippen LogP) is 8.32. The van der Waals surface area contributed by atoms with Gasteiger partial charge in [0.15, 0.2) is 0 Å². The Labute approximate surface area is 216 Å². The Bertz CT molecular complexity index is 1180. The number of hydrogen-bond acceptors (Lipinski definition) is 1. The van der Waals surface area contributed by atoms with Crippen molar-refractivity contribution in [2.75, 3.05) is 0 Å². The van der Waals surface area contributed by atoms with Gasteiger partial charge in [-0.3, -0.25) is 4.98 Å². The Morgan fingerprint density at radius 1 is 0.735 bits per heavy atom. The van der Waals surface area contributed by atoms with Gasteiger partial charge in [-0.05, 0) is 71.9 Å². The molecule has 0 bridgehead atoms. The van der Waals surface area contributed by atoms with E-state index in [9.17, 15) is 0 Å². The summed E-state index contributed by atoms with van der Waals surface area (Å²) in [5.41, 5.74) is 8.19. The molecule has 1 radical (unpaired) electrons. The zero-order valence-electron chi connectivity index (χ0n) is 19.5. The Morgan fingerprint density at radius 2 is 1.35 bits per heavy atom. The number of imidazole rings is 1.